The Bertz CT molecular complexity index is 1190. The summed E-state index contributed by atoms with van der Waals surface area (Å²) in [5.74, 6) is 1.27. The van der Waals surface area contributed by atoms with Crippen LogP contribution in [0.1, 0.15) is 42.8 Å². The quantitative estimate of drug-likeness (QED) is 0.526. The van der Waals surface area contributed by atoms with Gasteiger partial charge >= 0.3 is 0 Å². The predicted molar refractivity (Wildman–Crippen MR) is 133 cm³/mol. The molecule has 2 aromatic rings. The maximum Gasteiger partial charge on any atom is 0.293 e. The fourth-order valence-electron chi connectivity index (χ4n) is 4.10. The third kappa shape index (κ3) is 5.70. The molecule has 0 unspecified atom stereocenters. The molecule has 1 aromatic heterocycles. The molecule has 186 valence electrons. The number of rotatable bonds is 9. The van der Waals surface area contributed by atoms with Crippen molar-refractivity contribution in [1.82, 2.24) is 20.0 Å². The van der Waals surface area contributed by atoms with Crippen LogP contribution in [0.3, 0.4) is 0 Å². The van der Waals surface area contributed by atoms with Gasteiger partial charge in [0.2, 0.25) is 12.7 Å². The van der Waals surface area contributed by atoms with Crippen LogP contribution in [0.25, 0.3) is 6.08 Å². The minimum Gasteiger partial charge on any atom is -0.454 e. The highest BCUT2D eigenvalue weighted by molar-refractivity contribution is 8.18. The van der Waals surface area contributed by atoms with Gasteiger partial charge in [-0.15, -0.1) is 0 Å². The van der Waals surface area contributed by atoms with E-state index in [4.69, 9.17) is 9.47 Å². The Hall–Kier alpha value is -3.27. The van der Waals surface area contributed by atoms with Crippen LogP contribution in [0, 0.1) is 19.8 Å². The van der Waals surface area contributed by atoms with Crippen LogP contribution < -0.4 is 14.8 Å². The number of amides is 3. The lowest BCUT2D eigenvalue weighted by molar-refractivity contribution is -0.124. The number of carbonyl (C=O) groups is 3. The lowest BCUT2D eigenvalue weighted by Crippen LogP contribution is -2.37. The molecule has 2 aliphatic heterocycles. The lowest BCUT2D eigenvalue weighted by atomic mass is 10.1. The van der Waals surface area contributed by atoms with Crippen molar-refractivity contribution in [2.75, 3.05) is 19.9 Å². The van der Waals surface area contributed by atoms with Crippen molar-refractivity contribution in [1.29, 1.82) is 0 Å². The maximum atomic E-state index is 12.7. The molecule has 4 rings (SSSR count). The van der Waals surface area contributed by atoms with E-state index in [-0.39, 0.29) is 36.9 Å². The summed E-state index contributed by atoms with van der Waals surface area (Å²) in [6.07, 6.45) is 2.58. The van der Waals surface area contributed by atoms with E-state index in [1.807, 2.05) is 18.5 Å². The van der Waals surface area contributed by atoms with Gasteiger partial charge in [-0.2, -0.15) is 5.10 Å². The van der Waals surface area contributed by atoms with E-state index in [2.05, 4.69) is 24.3 Å². The van der Waals surface area contributed by atoms with Crippen molar-refractivity contribution in [3.8, 4) is 11.5 Å². The summed E-state index contributed by atoms with van der Waals surface area (Å²) in [4.78, 5) is 39.0. The minimum absolute atomic E-state index is 0.122. The number of nitrogens with zero attached hydrogens (tertiary/aromatic N) is 3. The Morgan fingerprint density at radius 2 is 2.00 bits per heavy atom. The molecule has 1 N–H and O–H groups in total. The first-order valence-corrected chi connectivity index (χ1v) is 12.5. The number of nitrogens with one attached hydrogen (secondary N) is 1. The summed E-state index contributed by atoms with van der Waals surface area (Å²) in [6, 6.07) is 5.34. The molecule has 0 atom stereocenters. The van der Waals surface area contributed by atoms with Gasteiger partial charge in [0, 0.05) is 31.7 Å². The fraction of sp³-hybridized carbons (Fsp3) is 0.440. The summed E-state index contributed by atoms with van der Waals surface area (Å²) < 4.78 is 12.7. The summed E-state index contributed by atoms with van der Waals surface area (Å²) in [5, 5.41) is 7.07. The molecular weight excluding hydrogens is 468 g/mol. The van der Waals surface area contributed by atoms with Crippen molar-refractivity contribution < 1.29 is 23.9 Å². The molecule has 10 heteroatoms. The smallest absolute Gasteiger partial charge is 0.293 e. The highest BCUT2D eigenvalue weighted by Crippen LogP contribution is 2.36. The average Bonchev–Trinajstić information content (AvgIpc) is 3.44. The van der Waals surface area contributed by atoms with Crippen molar-refractivity contribution in [3.63, 3.8) is 0 Å². The molecule has 0 spiro atoms. The third-order valence-electron chi connectivity index (χ3n) is 5.90. The van der Waals surface area contributed by atoms with E-state index in [9.17, 15) is 14.4 Å². The van der Waals surface area contributed by atoms with E-state index in [1.165, 1.54) is 0 Å². The van der Waals surface area contributed by atoms with Crippen molar-refractivity contribution in [2.24, 2.45) is 5.92 Å². The number of carbonyl (C=O) groups excluding carboxylic acids is 3. The minimum atomic E-state index is -0.365. The molecular formula is C25H30N4O5S. The molecule has 35 heavy (non-hydrogen) atoms. The van der Waals surface area contributed by atoms with Crippen LogP contribution in [0.5, 0.6) is 11.5 Å². The van der Waals surface area contributed by atoms with Crippen LogP contribution in [-0.2, 0) is 22.6 Å². The van der Waals surface area contributed by atoms with Crippen molar-refractivity contribution in [3.05, 3.63) is 45.6 Å². The maximum absolute atomic E-state index is 12.7. The fourth-order valence-corrected chi connectivity index (χ4v) is 4.97. The number of imide groups is 1. The van der Waals surface area contributed by atoms with Gasteiger partial charge in [0.15, 0.2) is 11.5 Å². The van der Waals surface area contributed by atoms with E-state index in [1.54, 1.807) is 24.3 Å². The predicted octanol–water partition coefficient (Wildman–Crippen LogP) is 3.67. The van der Waals surface area contributed by atoms with E-state index < -0.39 is 0 Å². The molecule has 1 fully saturated rings. The summed E-state index contributed by atoms with van der Waals surface area (Å²) in [7, 11) is 0. The molecule has 9 nitrogen and oxygen atoms in total. The van der Waals surface area contributed by atoms with Crippen molar-refractivity contribution >= 4 is 34.9 Å². The van der Waals surface area contributed by atoms with Gasteiger partial charge in [0.05, 0.1) is 10.6 Å². The summed E-state index contributed by atoms with van der Waals surface area (Å²) in [5.41, 5.74) is 3.88. The first-order chi connectivity index (χ1) is 16.7. The molecule has 0 aliphatic carbocycles. The topological polar surface area (TPSA) is 103 Å². The van der Waals surface area contributed by atoms with Gasteiger partial charge in [-0.05, 0) is 67.3 Å². The highest BCUT2D eigenvalue weighted by atomic mass is 32.2. The first-order valence-electron chi connectivity index (χ1n) is 11.7. The lowest BCUT2D eigenvalue weighted by Gasteiger charge is -2.13. The largest absolute Gasteiger partial charge is 0.454 e. The molecule has 3 amide bonds. The van der Waals surface area contributed by atoms with Crippen molar-refractivity contribution in [2.45, 2.75) is 47.1 Å². The zero-order chi connectivity index (χ0) is 25.1. The Morgan fingerprint density at radius 3 is 2.77 bits per heavy atom. The number of thioether (sulfide) groups is 1. The van der Waals surface area contributed by atoms with Gasteiger partial charge in [0.1, 0.15) is 0 Å². The molecule has 0 saturated carbocycles. The zero-order valence-electron chi connectivity index (χ0n) is 20.4. The normalized spacial score (nSPS) is 16.1. The molecule has 3 heterocycles. The second-order valence-electron chi connectivity index (χ2n) is 9.02. The first kappa shape index (κ1) is 24.8. The number of aromatic nitrogens is 2. The van der Waals surface area contributed by atoms with Crippen LogP contribution >= 0.6 is 11.8 Å². The van der Waals surface area contributed by atoms with Gasteiger partial charge in [-0.3, -0.25) is 24.0 Å². The summed E-state index contributed by atoms with van der Waals surface area (Å²) in [6.45, 7) is 9.64. The standard InChI is InChI=1S/C25H30N4O5S/c1-15(2)13-29-17(4)19(16(3)27-29)6-8-23(30)26-9-10-28-24(31)22(35-25(28)32)12-18-5-7-20-21(11-18)34-14-33-20/h5,7,11-12,15H,6,8-10,13-14H2,1-4H3,(H,26,30)/b22-12-. The third-order valence-corrected chi connectivity index (χ3v) is 6.80. The van der Waals surface area contributed by atoms with Gasteiger partial charge in [-0.1, -0.05) is 19.9 Å². The van der Waals surface area contributed by atoms with Gasteiger partial charge in [0.25, 0.3) is 11.1 Å². The Balaban J connectivity index is 1.27. The Kier molecular flexibility index (Phi) is 7.49. The average molecular weight is 499 g/mol. The molecule has 2 aliphatic rings. The zero-order valence-corrected chi connectivity index (χ0v) is 21.2. The number of benzene rings is 1. The number of aryl methyl sites for hydroxylation is 1. The summed E-state index contributed by atoms with van der Waals surface area (Å²) >= 11 is 0.890. The van der Waals surface area contributed by atoms with E-state index >= 15 is 0 Å². The number of fused-ring (bicyclic) bond motifs is 1. The number of hydrogen-bond acceptors (Lipinski definition) is 7. The second-order valence-corrected chi connectivity index (χ2v) is 10.0. The van der Waals surface area contributed by atoms with Crippen LogP contribution in [-0.4, -0.2) is 51.6 Å². The van der Waals surface area contributed by atoms with Gasteiger partial charge < -0.3 is 14.8 Å². The molecule has 1 aromatic carbocycles. The number of hydrogen-bond donors (Lipinski definition) is 1. The monoisotopic (exact) mass is 498 g/mol. The SMILES string of the molecule is Cc1nn(CC(C)C)c(C)c1CCC(=O)NCCN1C(=O)S/C(=C\c2ccc3c(c2)OCO3)C1=O. The highest BCUT2D eigenvalue weighted by Gasteiger charge is 2.34. The van der Waals surface area contributed by atoms with Gasteiger partial charge in [-0.25, -0.2) is 0 Å². The Labute approximate surface area is 208 Å². The van der Waals surface area contributed by atoms with Crippen LogP contribution in [0.2, 0.25) is 0 Å². The van der Waals surface area contributed by atoms with E-state index in [0.29, 0.717) is 35.2 Å². The molecule has 0 bridgehead atoms. The number of ether oxygens (including phenoxy) is 2. The molecule has 0 radical (unpaired) electrons. The Morgan fingerprint density at radius 1 is 1.23 bits per heavy atom. The second kappa shape index (κ2) is 10.6. The van der Waals surface area contributed by atoms with Crippen LogP contribution in [0.4, 0.5) is 4.79 Å². The van der Waals surface area contributed by atoms with E-state index in [0.717, 1.165) is 45.7 Å². The van der Waals surface area contributed by atoms with Crippen LogP contribution in [0.15, 0.2) is 23.1 Å². The molecule has 1 saturated heterocycles.